The van der Waals surface area contributed by atoms with E-state index in [0.717, 1.165) is 12.1 Å². The Labute approximate surface area is 87.3 Å². The molecule has 0 unspecified atom stereocenters. The maximum absolute atomic E-state index is 12.2. The lowest BCUT2D eigenvalue weighted by Crippen LogP contribution is -2.08. The summed E-state index contributed by atoms with van der Waals surface area (Å²) >= 11 is 0. The van der Waals surface area contributed by atoms with E-state index in [-0.39, 0.29) is 0 Å². The monoisotopic (exact) mass is 238 g/mol. The molecule has 0 spiro atoms. The van der Waals surface area contributed by atoms with Crippen molar-refractivity contribution in [2.45, 2.75) is 13.0 Å². The SMILES string of the molecule is O=C(O)c1cc(C(F)F)ccc1OC(F)F. The highest BCUT2D eigenvalue weighted by Crippen LogP contribution is 2.27. The summed E-state index contributed by atoms with van der Waals surface area (Å²) in [6, 6.07) is 2.20. The lowest BCUT2D eigenvalue weighted by Gasteiger charge is -2.09. The van der Waals surface area contributed by atoms with Crippen molar-refractivity contribution in [3.8, 4) is 5.75 Å². The molecule has 88 valence electrons. The minimum Gasteiger partial charge on any atom is -0.478 e. The molecule has 0 aliphatic carbocycles. The Morgan fingerprint density at radius 2 is 1.88 bits per heavy atom. The molecule has 0 saturated heterocycles. The molecule has 1 aromatic carbocycles. The first-order valence-corrected chi connectivity index (χ1v) is 4.02. The Kier molecular flexibility index (Phi) is 3.70. The Hall–Kier alpha value is -1.79. The highest BCUT2D eigenvalue weighted by Gasteiger charge is 2.18. The van der Waals surface area contributed by atoms with Crippen molar-refractivity contribution >= 4 is 5.97 Å². The Balaban J connectivity index is 3.14. The summed E-state index contributed by atoms with van der Waals surface area (Å²) in [5.41, 5.74) is -1.29. The molecular weight excluding hydrogens is 232 g/mol. The number of rotatable bonds is 4. The third-order valence-electron chi connectivity index (χ3n) is 1.70. The van der Waals surface area contributed by atoms with Gasteiger partial charge in [0.15, 0.2) is 0 Å². The van der Waals surface area contributed by atoms with Gasteiger partial charge in [-0.1, -0.05) is 0 Å². The summed E-state index contributed by atoms with van der Waals surface area (Å²) in [6.45, 7) is -3.21. The molecule has 0 amide bonds. The van der Waals surface area contributed by atoms with E-state index in [0.29, 0.717) is 6.07 Å². The number of carboxylic acids is 1. The number of benzene rings is 1. The van der Waals surface area contributed by atoms with Crippen LogP contribution in [0.25, 0.3) is 0 Å². The Morgan fingerprint density at radius 3 is 2.31 bits per heavy atom. The number of alkyl halides is 4. The molecule has 0 atom stereocenters. The summed E-state index contributed by atoms with van der Waals surface area (Å²) < 4.78 is 52.0. The standard InChI is InChI=1S/C9H6F4O3/c10-7(11)4-1-2-6(16-9(12)13)5(3-4)8(14)15/h1-3,7,9H,(H,14,15). The van der Waals surface area contributed by atoms with Crippen molar-refractivity contribution in [1.82, 2.24) is 0 Å². The molecule has 0 saturated carbocycles. The fourth-order valence-electron chi connectivity index (χ4n) is 1.05. The van der Waals surface area contributed by atoms with Crippen LogP contribution in [0, 0.1) is 0 Å². The number of carbonyl (C=O) groups is 1. The number of carboxylic acid groups (broad SMARTS) is 1. The second-order valence-electron chi connectivity index (χ2n) is 2.74. The Bertz CT molecular complexity index is 392. The first-order valence-electron chi connectivity index (χ1n) is 4.02. The van der Waals surface area contributed by atoms with Gasteiger partial charge >= 0.3 is 12.6 Å². The summed E-state index contributed by atoms with van der Waals surface area (Å²) in [6.07, 6.45) is -2.88. The van der Waals surface area contributed by atoms with Crippen LogP contribution in [0.5, 0.6) is 5.75 Å². The third-order valence-corrected chi connectivity index (χ3v) is 1.70. The van der Waals surface area contributed by atoms with Crippen LogP contribution in [0.2, 0.25) is 0 Å². The van der Waals surface area contributed by atoms with E-state index >= 15 is 0 Å². The van der Waals surface area contributed by atoms with Gasteiger partial charge in [-0.2, -0.15) is 8.78 Å². The van der Waals surface area contributed by atoms with Crippen LogP contribution in [-0.4, -0.2) is 17.7 Å². The third kappa shape index (κ3) is 2.85. The number of hydrogen-bond donors (Lipinski definition) is 1. The van der Waals surface area contributed by atoms with E-state index in [4.69, 9.17) is 5.11 Å². The summed E-state index contributed by atoms with van der Waals surface area (Å²) in [4.78, 5) is 10.6. The number of hydrogen-bond acceptors (Lipinski definition) is 2. The number of halogens is 4. The van der Waals surface area contributed by atoms with Crippen molar-refractivity contribution in [2.75, 3.05) is 0 Å². The maximum Gasteiger partial charge on any atom is 0.387 e. The van der Waals surface area contributed by atoms with Gasteiger partial charge in [0.05, 0.1) is 0 Å². The molecule has 0 aliphatic rings. The molecular formula is C9H6F4O3. The maximum atomic E-state index is 12.2. The molecule has 1 rings (SSSR count). The zero-order valence-electron chi connectivity index (χ0n) is 7.66. The average molecular weight is 238 g/mol. The predicted octanol–water partition coefficient (Wildman–Crippen LogP) is 2.92. The molecule has 0 radical (unpaired) electrons. The van der Waals surface area contributed by atoms with Crippen LogP contribution in [0.4, 0.5) is 17.6 Å². The fraction of sp³-hybridized carbons (Fsp3) is 0.222. The largest absolute Gasteiger partial charge is 0.478 e. The van der Waals surface area contributed by atoms with E-state index in [1.54, 1.807) is 0 Å². The van der Waals surface area contributed by atoms with Gasteiger partial charge in [-0.25, -0.2) is 13.6 Å². The average Bonchev–Trinajstić information content (AvgIpc) is 2.16. The predicted molar refractivity (Wildman–Crippen MR) is 45.0 cm³/mol. The lowest BCUT2D eigenvalue weighted by molar-refractivity contribution is -0.0503. The molecule has 1 aromatic rings. The van der Waals surface area contributed by atoms with Crippen LogP contribution in [0.3, 0.4) is 0 Å². The minimum absolute atomic E-state index is 0.570. The Morgan fingerprint density at radius 1 is 1.25 bits per heavy atom. The molecule has 16 heavy (non-hydrogen) atoms. The van der Waals surface area contributed by atoms with Crippen LogP contribution in [0.15, 0.2) is 18.2 Å². The summed E-state index contributed by atoms with van der Waals surface area (Å²) in [7, 11) is 0. The van der Waals surface area contributed by atoms with Crippen molar-refractivity contribution in [2.24, 2.45) is 0 Å². The van der Waals surface area contributed by atoms with Crippen LogP contribution >= 0.6 is 0 Å². The molecule has 3 nitrogen and oxygen atoms in total. The first-order chi connectivity index (χ1) is 7.41. The first kappa shape index (κ1) is 12.3. The normalized spacial score (nSPS) is 10.9. The second-order valence-corrected chi connectivity index (χ2v) is 2.74. The topological polar surface area (TPSA) is 46.5 Å². The zero-order valence-corrected chi connectivity index (χ0v) is 7.66. The van der Waals surface area contributed by atoms with Gasteiger partial charge in [-0.05, 0) is 18.2 Å². The molecule has 0 aromatic heterocycles. The molecule has 0 bridgehead atoms. The van der Waals surface area contributed by atoms with E-state index in [1.165, 1.54) is 0 Å². The van der Waals surface area contributed by atoms with Gasteiger partial charge in [0.25, 0.3) is 6.43 Å². The smallest absolute Gasteiger partial charge is 0.387 e. The number of aromatic carboxylic acids is 1. The second kappa shape index (κ2) is 4.82. The molecule has 0 heterocycles. The summed E-state index contributed by atoms with van der Waals surface area (Å²) in [5, 5.41) is 8.61. The molecule has 0 aliphatic heterocycles. The van der Waals surface area contributed by atoms with E-state index in [2.05, 4.69) is 4.74 Å². The fourth-order valence-corrected chi connectivity index (χ4v) is 1.05. The summed E-state index contributed by atoms with van der Waals surface area (Å²) in [5.74, 6) is -2.26. The van der Waals surface area contributed by atoms with Crippen molar-refractivity contribution in [3.05, 3.63) is 29.3 Å². The van der Waals surface area contributed by atoms with Crippen LogP contribution < -0.4 is 4.74 Å². The van der Waals surface area contributed by atoms with Crippen molar-refractivity contribution in [1.29, 1.82) is 0 Å². The lowest BCUT2D eigenvalue weighted by atomic mass is 10.1. The molecule has 7 heteroatoms. The van der Waals surface area contributed by atoms with Gasteiger partial charge in [-0.15, -0.1) is 0 Å². The van der Waals surface area contributed by atoms with Crippen molar-refractivity contribution in [3.63, 3.8) is 0 Å². The number of ether oxygens (including phenoxy) is 1. The van der Waals surface area contributed by atoms with Gasteiger partial charge < -0.3 is 9.84 Å². The van der Waals surface area contributed by atoms with Crippen LogP contribution in [0.1, 0.15) is 22.3 Å². The van der Waals surface area contributed by atoms with Gasteiger partial charge in [0, 0.05) is 5.56 Å². The quantitative estimate of drug-likeness (QED) is 0.820. The van der Waals surface area contributed by atoms with Crippen LogP contribution in [-0.2, 0) is 0 Å². The molecule has 1 N–H and O–H groups in total. The highest BCUT2D eigenvalue weighted by molar-refractivity contribution is 5.91. The van der Waals surface area contributed by atoms with E-state index in [1.807, 2.05) is 0 Å². The molecule has 0 fully saturated rings. The van der Waals surface area contributed by atoms with E-state index < -0.39 is 35.9 Å². The minimum atomic E-state index is -3.21. The zero-order chi connectivity index (χ0) is 12.3. The van der Waals surface area contributed by atoms with Crippen molar-refractivity contribution < 1.29 is 32.2 Å². The highest BCUT2D eigenvalue weighted by atomic mass is 19.3. The van der Waals surface area contributed by atoms with Gasteiger partial charge in [-0.3, -0.25) is 0 Å². The van der Waals surface area contributed by atoms with Gasteiger partial charge in [0.1, 0.15) is 11.3 Å². The van der Waals surface area contributed by atoms with E-state index in [9.17, 15) is 22.4 Å². The van der Waals surface area contributed by atoms with Gasteiger partial charge in [0.2, 0.25) is 0 Å².